The third-order valence-corrected chi connectivity index (χ3v) is 0.958. The topological polar surface area (TPSA) is 35.0 Å². The first-order chi connectivity index (χ1) is 5.70. The van der Waals surface area contributed by atoms with Gasteiger partial charge in [-0.3, -0.25) is 0 Å². The maximum atomic E-state index is 12.2. The minimum atomic E-state index is -3.19. The molecule has 0 amide bonds. The summed E-state index contributed by atoms with van der Waals surface area (Å²) in [7, 11) is 0. The van der Waals surface area contributed by atoms with Crippen molar-refractivity contribution >= 4 is 12.4 Å². The predicted molar refractivity (Wildman–Crippen MR) is 40.8 cm³/mol. The molecule has 0 aromatic carbocycles. The zero-order valence-corrected chi connectivity index (χ0v) is 7.05. The Morgan fingerprint density at radius 3 is 2.15 bits per heavy atom. The van der Waals surface area contributed by atoms with E-state index >= 15 is 0 Å². The molecule has 13 heavy (non-hydrogen) atoms. The van der Waals surface area contributed by atoms with Gasteiger partial charge in [-0.2, -0.15) is 4.39 Å². The van der Waals surface area contributed by atoms with E-state index in [1.165, 1.54) is 18.5 Å². The number of alkyl halides is 3. The van der Waals surface area contributed by atoms with Crippen LogP contribution in [0.4, 0.5) is 13.2 Å². The van der Waals surface area contributed by atoms with Gasteiger partial charge >= 0.3 is 18.8 Å². The van der Waals surface area contributed by atoms with Crippen molar-refractivity contribution in [1.82, 2.24) is 9.97 Å². The number of halogens is 4. The van der Waals surface area contributed by atoms with Crippen molar-refractivity contribution in [3.8, 4) is 6.01 Å². The fraction of sp³-hybridized carbons (Fsp3) is 0.333. The van der Waals surface area contributed by atoms with Crippen LogP contribution >= 0.6 is 12.4 Å². The van der Waals surface area contributed by atoms with E-state index in [0.717, 1.165) is 0 Å². The van der Waals surface area contributed by atoms with Crippen LogP contribution in [0.2, 0.25) is 0 Å². The highest BCUT2D eigenvalue weighted by molar-refractivity contribution is 5.85. The van der Waals surface area contributed by atoms with Crippen LogP contribution in [0, 0.1) is 0 Å². The molecule has 74 valence electrons. The SMILES string of the molecule is Cl.FC(F)C(F)Oc1ncccn1. The van der Waals surface area contributed by atoms with Crippen molar-refractivity contribution in [1.29, 1.82) is 0 Å². The largest absolute Gasteiger partial charge is 0.422 e. The van der Waals surface area contributed by atoms with Gasteiger partial charge in [-0.25, -0.2) is 18.7 Å². The molecule has 1 heterocycles. The van der Waals surface area contributed by atoms with Gasteiger partial charge in [0.25, 0.3) is 0 Å². The minimum absolute atomic E-state index is 0. The lowest BCUT2D eigenvalue weighted by molar-refractivity contribution is -0.0713. The number of nitrogens with zero attached hydrogens (tertiary/aromatic N) is 2. The Kier molecular flexibility index (Phi) is 5.13. The smallest absolute Gasteiger partial charge is 0.319 e. The normalized spacial score (nSPS) is 12.0. The molecule has 1 rings (SSSR count). The Bertz CT molecular complexity index is 237. The fourth-order valence-electron chi connectivity index (χ4n) is 0.498. The summed E-state index contributed by atoms with van der Waals surface area (Å²) in [5.41, 5.74) is 0. The fourth-order valence-corrected chi connectivity index (χ4v) is 0.498. The van der Waals surface area contributed by atoms with Crippen LogP contribution in [0.5, 0.6) is 6.01 Å². The molecule has 0 saturated carbocycles. The molecule has 0 N–H and O–H groups in total. The van der Waals surface area contributed by atoms with E-state index in [9.17, 15) is 13.2 Å². The van der Waals surface area contributed by atoms with Crippen molar-refractivity contribution in [2.75, 3.05) is 0 Å². The molecule has 0 spiro atoms. The Labute approximate surface area is 78.4 Å². The van der Waals surface area contributed by atoms with Crippen LogP contribution < -0.4 is 4.74 Å². The maximum Gasteiger partial charge on any atom is 0.319 e. The third-order valence-electron chi connectivity index (χ3n) is 0.958. The standard InChI is InChI=1S/C6H5F3N2O.ClH/c7-4(8)5(9)12-6-10-2-1-3-11-6;/h1-5H;1H. The van der Waals surface area contributed by atoms with E-state index in [0.29, 0.717) is 0 Å². The monoisotopic (exact) mass is 214 g/mol. The number of hydrogen-bond acceptors (Lipinski definition) is 3. The highest BCUT2D eigenvalue weighted by atomic mass is 35.5. The lowest BCUT2D eigenvalue weighted by atomic mass is 10.7. The quantitative estimate of drug-likeness (QED) is 0.770. The van der Waals surface area contributed by atoms with Crippen LogP contribution in [0.1, 0.15) is 0 Å². The van der Waals surface area contributed by atoms with Gasteiger partial charge in [-0.15, -0.1) is 12.4 Å². The van der Waals surface area contributed by atoms with Crippen LogP contribution in [-0.2, 0) is 0 Å². The minimum Gasteiger partial charge on any atom is -0.422 e. The van der Waals surface area contributed by atoms with Gasteiger partial charge < -0.3 is 4.74 Å². The van der Waals surface area contributed by atoms with Gasteiger partial charge in [0.15, 0.2) is 0 Å². The summed E-state index contributed by atoms with van der Waals surface area (Å²) < 4.78 is 39.3. The van der Waals surface area contributed by atoms with Crippen LogP contribution in [0.15, 0.2) is 18.5 Å². The first kappa shape index (κ1) is 12.0. The average Bonchev–Trinajstić information content (AvgIpc) is 2.06. The van der Waals surface area contributed by atoms with Crippen molar-refractivity contribution in [2.45, 2.75) is 12.8 Å². The molecule has 7 heteroatoms. The zero-order chi connectivity index (χ0) is 8.97. The van der Waals surface area contributed by atoms with E-state index < -0.39 is 18.8 Å². The Hall–Kier alpha value is -1.04. The molecule has 0 fully saturated rings. The number of rotatable bonds is 3. The van der Waals surface area contributed by atoms with Crippen molar-refractivity contribution < 1.29 is 17.9 Å². The lowest BCUT2D eigenvalue weighted by Crippen LogP contribution is -2.20. The maximum absolute atomic E-state index is 12.2. The van der Waals surface area contributed by atoms with Crippen LogP contribution in [0.25, 0.3) is 0 Å². The van der Waals surface area contributed by atoms with Gasteiger partial charge in [-0.1, -0.05) is 0 Å². The molecule has 0 saturated heterocycles. The van der Waals surface area contributed by atoms with Crippen LogP contribution in [-0.4, -0.2) is 22.8 Å². The predicted octanol–water partition coefficient (Wildman–Crippen LogP) is 1.84. The molecule has 0 aliphatic heterocycles. The summed E-state index contributed by atoms with van der Waals surface area (Å²) in [6.45, 7) is 0. The van der Waals surface area contributed by atoms with Crippen molar-refractivity contribution in [2.24, 2.45) is 0 Å². The van der Waals surface area contributed by atoms with Gasteiger partial charge in [0.2, 0.25) is 0 Å². The second-order valence-electron chi connectivity index (χ2n) is 1.83. The molecular formula is C6H6ClF3N2O. The molecule has 1 atom stereocenters. The molecular weight excluding hydrogens is 209 g/mol. The van der Waals surface area contributed by atoms with Crippen molar-refractivity contribution in [3.05, 3.63) is 18.5 Å². The van der Waals surface area contributed by atoms with E-state index in [1.807, 2.05) is 0 Å². The van der Waals surface area contributed by atoms with E-state index in [4.69, 9.17) is 0 Å². The highest BCUT2D eigenvalue weighted by Crippen LogP contribution is 2.09. The number of ether oxygens (including phenoxy) is 1. The molecule has 1 aromatic rings. The summed E-state index contributed by atoms with van der Waals surface area (Å²) >= 11 is 0. The van der Waals surface area contributed by atoms with E-state index in [2.05, 4.69) is 14.7 Å². The molecule has 3 nitrogen and oxygen atoms in total. The summed E-state index contributed by atoms with van der Waals surface area (Å²) in [6, 6.07) is 1.06. The van der Waals surface area contributed by atoms with Crippen molar-refractivity contribution in [3.63, 3.8) is 0 Å². The van der Waals surface area contributed by atoms with Gasteiger partial charge in [0.1, 0.15) is 0 Å². The van der Waals surface area contributed by atoms with Crippen LogP contribution in [0.3, 0.4) is 0 Å². The molecule has 1 aromatic heterocycles. The summed E-state index contributed by atoms with van der Waals surface area (Å²) in [6.07, 6.45) is -3.33. The molecule has 0 radical (unpaired) electrons. The first-order valence-corrected chi connectivity index (χ1v) is 3.06. The Morgan fingerprint density at radius 2 is 1.69 bits per heavy atom. The average molecular weight is 215 g/mol. The van der Waals surface area contributed by atoms with Gasteiger partial charge in [-0.05, 0) is 6.07 Å². The number of hydrogen-bond donors (Lipinski definition) is 0. The van der Waals surface area contributed by atoms with E-state index in [-0.39, 0.29) is 12.4 Å². The van der Waals surface area contributed by atoms with Gasteiger partial charge in [0, 0.05) is 12.4 Å². The summed E-state index contributed by atoms with van der Waals surface area (Å²) in [4.78, 5) is 6.79. The second-order valence-corrected chi connectivity index (χ2v) is 1.83. The highest BCUT2D eigenvalue weighted by Gasteiger charge is 2.21. The summed E-state index contributed by atoms with van der Waals surface area (Å²) in [5.74, 6) is 0. The van der Waals surface area contributed by atoms with Gasteiger partial charge in [0.05, 0.1) is 0 Å². The first-order valence-electron chi connectivity index (χ1n) is 3.06. The molecule has 0 aliphatic rings. The lowest BCUT2D eigenvalue weighted by Gasteiger charge is -2.06. The number of aromatic nitrogens is 2. The molecule has 0 bridgehead atoms. The third kappa shape index (κ3) is 3.93. The Balaban J connectivity index is 0.00000144. The van der Waals surface area contributed by atoms with E-state index in [1.54, 1.807) is 0 Å². The second kappa shape index (κ2) is 5.58. The Morgan fingerprint density at radius 1 is 1.15 bits per heavy atom. The summed E-state index contributed by atoms with van der Waals surface area (Å²) in [5, 5.41) is 0. The zero-order valence-electron chi connectivity index (χ0n) is 6.23. The molecule has 0 aliphatic carbocycles. The molecule has 1 unspecified atom stereocenters.